The minimum atomic E-state index is -0.663. The molecule has 2 nitrogen and oxygen atoms in total. The first kappa shape index (κ1) is 10.4. The molecule has 79 valence electrons. The lowest BCUT2D eigenvalue weighted by Crippen LogP contribution is -2.08. The summed E-state index contributed by atoms with van der Waals surface area (Å²) in [5.41, 5.74) is 0.807. The molecule has 1 atom stereocenters. The highest BCUT2D eigenvalue weighted by atomic mass is 16.5. The molecule has 0 N–H and O–H groups in total. The summed E-state index contributed by atoms with van der Waals surface area (Å²) in [5.74, 6) is 0.666. The highest BCUT2D eigenvalue weighted by molar-refractivity contribution is 5.61. The van der Waals surface area contributed by atoms with Crippen molar-refractivity contribution in [3.8, 4) is 5.75 Å². The second kappa shape index (κ2) is 5.12. The molecule has 2 rings (SSSR count). The predicted octanol–water partition coefficient (Wildman–Crippen LogP) is 2.92. The molecule has 0 fully saturated rings. The molecule has 1 radical (unpaired) electrons. The smallest absolute Gasteiger partial charge is 0.247 e. The van der Waals surface area contributed by atoms with Crippen molar-refractivity contribution in [2.45, 2.75) is 6.10 Å². The van der Waals surface area contributed by atoms with E-state index in [1.54, 1.807) is 0 Å². The van der Waals surface area contributed by atoms with Gasteiger partial charge in [-0.3, -0.25) is 4.79 Å². The van der Waals surface area contributed by atoms with Gasteiger partial charge in [0.05, 0.1) is 0 Å². The molecule has 0 saturated carbocycles. The van der Waals surface area contributed by atoms with Crippen LogP contribution in [-0.4, -0.2) is 6.29 Å². The van der Waals surface area contributed by atoms with Crippen LogP contribution in [0, 0.1) is 0 Å². The molecule has 0 aliphatic heterocycles. The van der Waals surface area contributed by atoms with E-state index >= 15 is 0 Å². The van der Waals surface area contributed by atoms with E-state index in [1.807, 2.05) is 66.9 Å². The Balaban J connectivity index is 2.16. The fraction of sp³-hybridized carbons (Fsp3) is 0.0714. The van der Waals surface area contributed by atoms with E-state index in [9.17, 15) is 4.79 Å². The summed E-state index contributed by atoms with van der Waals surface area (Å²) in [7, 11) is 0. The summed E-state index contributed by atoms with van der Waals surface area (Å²) in [6.45, 7) is 0. The van der Waals surface area contributed by atoms with Crippen molar-refractivity contribution in [3.05, 3.63) is 66.2 Å². The van der Waals surface area contributed by atoms with Crippen molar-refractivity contribution >= 4 is 6.29 Å². The lowest BCUT2D eigenvalue weighted by atomic mass is 10.1. The van der Waals surface area contributed by atoms with E-state index in [4.69, 9.17) is 4.74 Å². The summed E-state index contributed by atoms with van der Waals surface area (Å²) < 4.78 is 5.53. The van der Waals surface area contributed by atoms with Crippen molar-refractivity contribution in [2.24, 2.45) is 0 Å². The number of hydrogen-bond acceptors (Lipinski definition) is 2. The Hall–Kier alpha value is -2.09. The molecule has 0 bridgehead atoms. The first-order chi connectivity index (χ1) is 7.90. The standard InChI is InChI=1S/C14H11O2/c15-11-14(12-7-3-1-4-8-12)16-13-9-5-2-6-10-13/h1-10,14H. The molecular formula is C14H11O2. The Morgan fingerprint density at radius 3 is 2.00 bits per heavy atom. The Bertz CT molecular complexity index is 437. The lowest BCUT2D eigenvalue weighted by Gasteiger charge is -2.12. The molecule has 2 aromatic carbocycles. The Labute approximate surface area is 94.5 Å². The van der Waals surface area contributed by atoms with Crippen LogP contribution in [0.4, 0.5) is 0 Å². The van der Waals surface area contributed by atoms with E-state index in [0.29, 0.717) is 5.75 Å². The maximum atomic E-state index is 10.9. The number of ether oxygens (including phenoxy) is 1. The average Bonchev–Trinajstić information content (AvgIpc) is 2.38. The summed E-state index contributed by atoms with van der Waals surface area (Å²) in [6, 6.07) is 18.6. The van der Waals surface area contributed by atoms with Gasteiger partial charge in [0.15, 0.2) is 6.10 Å². The Kier molecular flexibility index (Phi) is 3.34. The van der Waals surface area contributed by atoms with E-state index in [0.717, 1.165) is 5.56 Å². The van der Waals surface area contributed by atoms with Crippen LogP contribution in [0.5, 0.6) is 5.75 Å². The zero-order chi connectivity index (χ0) is 11.2. The monoisotopic (exact) mass is 211 g/mol. The van der Waals surface area contributed by atoms with Crippen molar-refractivity contribution < 1.29 is 9.53 Å². The molecule has 0 amide bonds. The molecule has 2 heteroatoms. The molecule has 16 heavy (non-hydrogen) atoms. The third-order valence-electron chi connectivity index (χ3n) is 2.21. The van der Waals surface area contributed by atoms with Crippen LogP contribution in [0.25, 0.3) is 0 Å². The zero-order valence-electron chi connectivity index (χ0n) is 8.67. The molecule has 0 heterocycles. The van der Waals surface area contributed by atoms with Crippen LogP contribution in [0.1, 0.15) is 11.7 Å². The summed E-state index contributed by atoms with van der Waals surface area (Å²) >= 11 is 0. The second-order valence-electron chi connectivity index (χ2n) is 3.34. The van der Waals surface area contributed by atoms with Crippen molar-refractivity contribution in [3.63, 3.8) is 0 Å². The highest BCUT2D eigenvalue weighted by Gasteiger charge is 2.12. The van der Waals surface area contributed by atoms with E-state index in [-0.39, 0.29) is 0 Å². The minimum absolute atomic E-state index is 0.663. The van der Waals surface area contributed by atoms with Gasteiger partial charge in [0.2, 0.25) is 6.29 Å². The predicted molar refractivity (Wildman–Crippen MR) is 61.9 cm³/mol. The van der Waals surface area contributed by atoms with Gasteiger partial charge in [-0.25, -0.2) is 0 Å². The van der Waals surface area contributed by atoms with Gasteiger partial charge in [-0.05, 0) is 12.1 Å². The molecular weight excluding hydrogens is 200 g/mol. The maximum Gasteiger partial charge on any atom is 0.247 e. The Morgan fingerprint density at radius 1 is 0.875 bits per heavy atom. The first-order valence-corrected chi connectivity index (χ1v) is 5.04. The van der Waals surface area contributed by atoms with E-state index < -0.39 is 6.10 Å². The molecule has 0 saturated heterocycles. The van der Waals surface area contributed by atoms with Gasteiger partial charge >= 0.3 is 0 Å². The van der Waals surface area contributed by atoms with Crippen LogP contribution in [0.15, 0.2) is 60.7 Å². The van der Waals surface area contributed by atoms with Crippen molar-refractivity contribution in [1.82, 2.24) is 0 Å². The largest absolute Gasteiger partial charge is 0.477 e. The van der Waals surface area contributed by atoms with Gasteiger partial charge < -0.3 is 4.74 Å². The van der Waals surface area contributed by atoms with Crippen molar-refractivity contribution in [1.29, 1.82) is 0 Å². The summed E-state index contributed by atoms with van der Waals surface area (Å²) in [6.07, 6.45) is 1.23. The molecule has 0 aliphatic carbocycles. The number of para-hydroxylation sites is 1. The lowest BCUT2D eigenvalue weighted by molar-refractivity contribution is 0.265. The topological polar surface area (TPSA) is 26.3 Å². The van der Waals surface area contributed by atoms with Gasteiger partial charge in [-0.15, -0.1) is 0 Å². The zero-order valence-corrected chi connectivity index (χ0v) is 8.67. The van der Waals surface area contributed by atoms with Crippen LogP contribution in [0.2, 0.25) is 0 Å². The molecule has 1 unspecified atom stereocenters. The SMILES string of the molecule is O=[C]C(Oc1ccccc1)c1ccccc1. The third-order valence-corrected chi connectivity index (χ3v) is 2.21. The normalized spacial score (nSPS) is 11.8. The fourth-order valence-corrected chi connectivity index (χ4v) is 1.42. The number of hydrogen-bond donors (Lipinski definition) is 0. The number of rotatable bonds is 4. The van der Waals surface area contributed by atoms with Crippen LogP contribution < -0.4 is 4.74 Å². The van der Waals surface area contributed by atoms with Gasteiger partial charge in [-0.2, -0.15) is 0 Å². The molecule has 2 aromatic rings. The van der Waals surface area contributed by atoms with Gasteiger partial charge in [0, 0.05) is 5.56 Å². The van der Waals surface area contributed by atoms with Gasteiger partial charge in [-0.1, -0.05) is 48.5 Å². The van der Waals surface area contributed by atoms with Crippen LogP contribution in [-0.2, 0) is 4.79 Å². The molecule has 0 spiro atoms. The molecule has 0 aromatic heterocycles. The van der Waals surface area contributed by atoms with E-state index in [2.05, 4.69) is 0 Å². The minimum Gasteiger partial charge on any atom is -0.477 e. The highest BCUT2D eigenvalue weighted by Crippen LogP contribution is 2.19. The number of benzene rings is 2. The summed E-state index contributed by atoms with van der Waals surface area (Å²) in [4.78, 5) is 10.9. The van der Waals surface area contributed by atoms with Gasteiger partial charge in [0.1, 0.15) is 5.75 Å². The summed E-state index contributed by atoms with van der Waals surface area (Å²) in [5, 5.41) is 0. The number of carbonyl (C=O) groups excluding carboxylic acids is 1. The average molecular weight is 211 g/mol. The first-order valence-electron chi connectivity index (χ1n) is 5.04. The maximum absolute atomic E-state index is 10.9. The quantitative estimate of drug-likeness (QED) is 0.777. The van der Waals surface area contributed by atoms with Gasteiger partial charge in [0.25, 0.3) is 0 Å². The van der Waals surface area contributed by atoms with Crippen LogP contribution in [0.3, 0.4) is 0 Å². The van der Waals surface area contributed by atoms with E-state index in [1.165, 1.54) is 0 Å². The third kappa shape index (κ3) is 2.48. The fourth-order valence-electron chi connectivity index (χ4n) is 1.42. The molecule has 0 aliphatic rings. The Morgan fingerprint density at radius 2 is 1.44 bits per heavy atom. The van der Waals surface area contributed by atoms with Crippen LogP contribution >= 0.6 is 0 Å². The second-order valence-corrected chi connectivity index (χ2v) is 3.34. The van der Waals surface area contributed by atoms with Crippen molar-refractivity contribution in [2.75, 3.05) is 0 Å².